The quantitative estimate of drug-likeness (QED) is 0.167. The van der Waals surface area contributed by atoms with E-state index in [9.17, 15) is 0 Å². The van der Waals surface area contributed by atoms with Crippen LogP contribution in [0.25, 0.3) is 54.6 Å². The average Bonchev–Trinajstić information content (AvgIpc) is 3.03. The van der Waals surface area contributed by atoms with E-state index in [0.717, 1.165) is 0 Å². The fraction of sp³-hybridized carbons (Fsp3) is 0.444. The molecule has 0 bridgehead atoms. The molecule has 6 aromatic carbocycles. The second kappa shape index (κ2) is 12.8. The van der Waals surface area contributed by atoms with E-state index in [1.807, 2.05) is 0 Å². The van der Waals surface area contributed by atoms with Gasteiger partial charge in [-0.1, -0.05) is 173 Å². The molecule has 0 heterocycles. The third-order valence-corrected chi connectivity index (χ3v) is 11.8. The average molecular weight is 717 g/mol. The lowest BCUT2D eigenvalue weighted by molar-refractivity contribution is 0.588. The summed E-state index contributed by atoms with van der Waals surface area (Å²) in [5.41, 5.74) is 13.6. The Balaban J connectivity index is 1.84. The number of rotatable bonds is 2. The lowest BCUT2D eigenvalue weighted by Crippen LogP contribution is -2.14. The molecule has 284 valence electrons. The molecular weight excluding hydrogens is 649 g/mol. The van der Waals surface area contributed by atoms with Crippen LogP contribution >= 0.6 is 0 Å². The summed E-state index contributed by atoms with van der Waals surface area (Å²) in [6, 6.07) is 34.4. The summed E-state index contributed by atoms with van der Waals surface area (Å²) < 4.78 is 0. The highest BCUT2D eigenvalue weighted by Crippen LogP contribution is 2.47. The normalized spacial score (nSPS) is 13.7. The van der Waals surface area contributed by atoms with Gasteiger partial charge in [0.2, 0.25) is 0 Å². The van der Waals surface area contributed by atoms with Crippen molar-refractivity contribution in [3.63, 3.8) is 0 Å². The molecule has 0 saturated heterocycles. The lowest BCUT2D eigenvalue weighted by Gasteiger charge is -2.28. The van der Waals surface area contributed by atoms with Crippen LogP contribution in [-0.4, -0.2) is 0 Å². The minimum atomic E-state index is -0.0450. The number of fused-ring (bicyclic) bond motifs is 3. The topological polar surface area (TPSA) is 0 Å². The van der Waals surface area contributed by atoms with Gasteiger partial charge in [0.05, 0.1) is 0 Å². The Morgan fingerprint density at radius 2 is 0.444 bits per heavy atom. The van der Waals surface area contributed by atoms with Crippen LogP contribution in [0.2, 0.25) is 0 Å². The molecule has 0 radical (unpaired) electrons. The Kier molecular flexibility index (Phi) is 9.45. The molecule has 6 aromatic rings. The van der Waals surface area contributed by atoms with Gasteiger partial charge < -0.3 is 0 Å². The second-order valence-corrected chi connectivity index (χ2v) is 22.6. The van der Waals surface area contributed by atoms with Gasteiger partial charge in [-0.2, -0.15) is 0 Å². The Morgan fingerprint density at radius 1 is 0.222 bits per heavy atom. The summed E-state index contributed by atoms with van der Waals surface area (Å²) in [6.07, 6.45) is 0. The van der Waals surface area contributed by atoms with E-state index in [-0.39, 0.29) is 32.5 Å². The smallest absolute Gasteiger partial charge is 0.00958 e. The summed E-state index contributed by atoms with van der Waals surface area (Å²) in [4.78, 5) is 0. The van der Waals surface area contributed by atoms with Crippen LogP contribution in [-0.2, 0) is 32.5 Å². The zero-order valence-corrected chi connectivity index (χ0v) is 37.1. The van der Waals surface area contributed by atoms with Gasteiger partial charge in [-0.15, -0.1) is 0 Å². The standard InChI is InChI=1S/C54H68/c1-49(2,3)35-19-21-41-33(23-35)25-37(51(7,8)9)27-43(41)45-29-39(53(13,14)15)32-48-46(30-40(31-47(45)48)54(16,17)18)44-28-38(52(10,11)12)26-34-24-36(50(4,5)6)20-22-42(34)44/h19-32H,1-18H3. The SMILES string of the molecule is CC(C)(C)c1ccc2c(-c3cc(C(C)(C)C)cc4c(-c5cc(C(C)(C)C)cc6cc(C(C)(C)C)ccc56)cc(C(C)(C)C)cc34)cc(C(C)(C)C)cc2c1. The van der Waals surface area contributed by atoms with Crippen molar-refractivity contribution < 1.29 is 0 Å². The maximum absolute atomic E-state index is 2.52. The highest BCUT2D eigenvalue weighted by molar-refractivity contribution is 6.13. The van der Waals surface area contributed by atoms with Crippen LogP contribution < -0.4 is 0 Å². The zero-order chi connectivity index (χ0) is 40.1. The maximum atomic E-state index is 2.52. The van der Waals surface area contributed by atoms with Crippen LogP contribution in [0.4, 0.5) is 0 Å². The van der Waals surface area contributed by atoms with Gasteiger partial charge in [0, 0.05) is 0 Å². The van der Waals surface area contributed by atoms with Crippen LogP contribution in [0.1, 0.15) is 158 Å². The van der Waals surface area contributed by atoms with Crippen LogP contribution in [0.3, 0.4) is 0 Å². The van der Waals surface area contributed by atoms with E-state index in [1.165, 1.54) is 88.0 Å². The molecule has 0 atom stereocenters. The fourth-order valence-electron chi connectivity index (χ4n) is 7.76. The van der Waals surface area contributed by atoms with Crippen molar-refractivity contribution in [3.05, 3.63) is 118 Å². The highest BCUT2D eigenvalue weighted by Gasteiger charge is 2.27. The van der Waals surface area contributed by atoms with E-state index >= 15 is 0 Å². The zero-order valence-electron chi connectivity index (χ0n) is 37.1. The number of hydrogen-bond donors (Lipinski definition) is 0. The Morgan fingerprint density at radius 3 is 0.704 bits per heavy atom. The minimum absolute atomic E-state index is 0.00192. The summed E-state index contributed by atoms with van der Waals surface area (Å²) in [5.74, 6) is 0. The van der Waals surface area contributed by atoms with Crippen molar-refractivity contribution in [1.82, 2.24) is 0 Å². The number of benzene rings is 6. The van der Waals surface area contributed by atoms with Crippen LogP contribution in [0.15, 0.2) is 84.9 Å². The van der Waals surface area contributed by atoms with Crippen LogP contribution in [0, 0.1) is 0 Å². The summed E-state index contributed by atoms with van der Waals surface area (Å²) in [7, 11) is 0. The first-order valence-electron chi connectivity index (χ1n) is 20.3. The van der Waals surface area contributed by atoms with Crippen LogP contribution in [0.5, 0.6) is 0 Å². The molecule has 0 nitrogen and oxygen atoms in total. The molecule has 0 N–H and O–H groups in total. The Bertz CT molecular complexity index is 2220. The van der Waals surface area contributed by atoms with Gasteiger partial charge in [-0.3, -0.25) is 0 Å². The van der Waals surface area contributed by atoms with E-state index in [2.05, 4.69) is 210 Å². The molecule has 0 unspecified atom stereocenters. The highest BCUT2D eigenvalue weighted by atomic mass is 14.3. The maximum Gasteiger partial charge on any atom is -0.00958 e. The molecule has 0 spiro atoms. The van der Waals surface area contributed by atoms with Gasteiger partial charge in [-0.25, -0.2) is 0 Å². The lowest BCUT2D eigenvalue weighted by atomic mass is 9.76. The molecule has 6 rings (SSSR count). The molecular formula is C54H68. The van der Waals surface area contributed by atoms with Crippen molar-refractivity contribution in [2.24, 2.45) is 0 Å². The van der Waals surface area contributed by atoms with E-state index in [4.69, 9.17) is 0 Å². The van der Waals surface area contributed by atoms with E-state index in [1.54, 1.807) is 0 Å². The molecule has 0 amide bonds. The molecule has 0 fully saturated rings. The Labute approximate surface area is 328 Å². The molecule has 0 saturated carbocycles. The first-order valence-corrected chi connectivity index (χ1v) is 20.3. The predicted molar refractivity (Wildman–Crippen MR) is 242 cm³/mol. The monoisotopic (exact) mass is 717 g/mol. The van der Waals surface area contributed by atoms with Crippen molar-refractivity contribution in [2.75, 3.05) is 0 Å². The van der Waals surface area contributed by atoms with Crippen molar-refractivity contribution in [1.29, 1.82) is 0 Å². The molecule has 0 aromatic heterocycles. The molecule has 0 aliphatic heterocycles. The van der Waals surface area contributed by atoms with Gasteiger partial charge in [-0.05, 0) is 157 Å². The minimum Gasteiger partial charge on any atom is -0.0578 e. The summed E-state index contributed by atoms with van der Waals surface area (Å²) >= 11 is 0. The fourth-order valence-corrected chi connectivity index (χ4v) is 7.76. The largest absolute Gasteiger partial charge is 0.0578 e. The first kappa shape index (κ1) is 39.8. The van der Waals surface area contributed by atoms with Crippen molar-refractivity contribution in [3.8, 4) is 22.3 Å². The second-order valence-electron chi connectivity index (χ2n) is 22.6. The van der Waals surface area contributed by atoms with Gasteiger partial charge in [0.1, 0.15) is 0 Å². The van der Waals surface area contributed by atoms with Crippen molar-refractivity contribution in [2.45, 2.75) is 157 Å². The van der Waals surface area contributed by atoms with E-state index < -0.39 is 0 Å². The number of hydrogen-bond acceptors (Lipinski definition) is 0. The third kappa shape index (κ3) is 7.65. The molecule has 0 aliphatic carbocycles. The van der Waals surface area contributed by atoms with E-state index in [0.29, 0.717) is 0 Å². The molecule has 54 heavy (non-hydrogen) atoms. The molecule has 0 aliphatic rings. The summed E-state index contributed by atoms with van der Waals surface area (Å²) in [5, 5.41) is 7.95. The third-order valence-electron chi connectivity index (χ3n) is 11.8. The first-order chi connectivity index (χ1) is 24.5. The molecule has 0 heteroatoms. The van der Waals surface area contributed by atoms with Gasteiger partial charge in [0.15, 0.2) is 0 Å². The Hall–Kier alpha value is -3.90. The summed E-state index contributed by atoms with van der Waals surface area (Å²) in [6.45, 7) is 42.2. The van der Waals surface area contributed by atoms with Crippen molar-refractivity contribution >= 4 is 32.3 Å². The van der Waals surface area contributed by atoms with Gasteiger partial charge >= 0.3 is 0 Å². The van der Waals surface area contributed by atoms with Gasteiger partial charge in [0.25, 0.3) is 0 Å². The predicted octanol–water partition coefficient (Wildman–Crippen LogP) is 16.3.